The number of benzene rings is 1. The molecule has 0 fully saturated rings. The molecule has 8 nitrogen and oxygen atoms in total. The van der Waals surface area contributed by atoms with Crippen LogP contribution in [0.5, 0.6) is 5.88 Å². The van der Waals surface area contributed by atoms with Gasteiger partial charge in [0.1, 0.15) is 5.69 Å². The second-order valence-electron chi connectivity index (χ2n) is 6.22. The highest BCUT2D eigenvalue weighted by Gasteiger charge is 2.12. The Morgan fingerprint density at radius 3 is 2.68 bits per heavy atom. The first-order chi connectivity index (χ1) is 13.7. The molecule has 0 aliphatic carbocycles. The maximum atomic E-state index is 12.2. The van der Waals surface area contributed by atoms with Gasteiger partial charge in [0, 0.05) is 37.7 Å². The highest BCUT2D eigenvalue weighted by molar-refractivity contribution is 5.92. The molecule has 0 saturated heterocycles. The number of carbonyl (C=O) groups is 1. The normalized spacial score (nSPS) is 10.9. The maximum Gasteiger partial charge on any atom is 0.269 e. The Hall–Kier alpha value is -3.68. The minimum absolute atomic E-state index is 0.151. The molecule has 8 heteroatoms. The number of imidazole rings is 1. The molecule has 0 spiro atoms. The molecule has 0 radical (unpaired) electrons. The van der Waals surface area contributed by atoms with Crippen molar-refractivity contribution in [2.24, 2.45) is 7.05 Å². The van der Waals surface area contributed by atoms with Crippen molar-refractivity contribution < 1.29 is 9.53 Å². The van der Waals surface area contributed by atoms with E-state index in [-0.39, 0.29) is 5.91 Å². The van der Waals surface area contributed by atoms with Gasteiger partial charge >= 0.3 is 0 Å². The lowest BCUT2D eigenvalue weighted by Gasteiger charge is -2.08. The second-order valence-corrected chi connectivity index (χ2v) is 6.22. The summed E-state index contributed by atoms with van der Waals surface area (Å²) in [5.74, 6) is 0.368. The maximum absolute atomic E-state index is 12.2. The smallest absolute Gasteiger partial charge is 0.269 e. The zero-order chi connectivity index (χ0) is 19.5. The topological polar surface area (TPSA) is 86.3 Å². The van der Waals surface area contributed by atoms with Gasteiger partial charge < -0.3 is 10.1 Å². The van der Waals surface area contributed by atoms with Crippen molar-refractivity contribution in [2.45, 2.75) is 13.5 Å². The van der Waals surface area contributed by atoms with Crippen molar-refractivity contribution in [3.8, 4) is 17.1 Å². The van der Waals surface area contributed by atoms with Crippen molar-refractivity contribution in [2.75, 3.05) is 6.61 Å². The van der Waals surface area contributed by atoms with Gasteiger partial charge in [-0.05, 0) is 18.6 Å². The van der Waals surface area contributed by atoms with E-state index in [4.69, 9.17) is 4.74 Å². The third kappa shape index (κ3) is 3.32. The van der Waals surface area contributed by atoms with Crippen LogP contribution in [0.25, 0.3) is 16.9 Å². The Kier molecular flexibility index (Phi) is 4.76. The van der Waals surface area contributed by atoms with E-state index in [1.807, 2.05) is 41.8 Å². The summed E-state index contributed by atoms with van der Waals surface area (Å²) in [4.78, 5) is 20.9. The molecule has 1 aromatic carbocycles. The zero-order valence-electron chi connectivity index (χ0n) is 15.7. The van der Waals surface area contributed by atoms with E-state index < -0.39 is 0 Å². The SMILES string of the molecule is CCOc1nccn2c(-c3ccc(CNC(=O)c4ccnn4C)cc3)cnc12. The molecule has 0 bridgehead atoms. The first-order valence-corrected chi connectivity index (χ1v) is 8.97. The predicted octanol–water partition coefficient (Wildman–Crippen LogP) is 2.46. The standard InChI is InChI=1S/C20H20N6O2/c1-3-28-20-18-22-13-17(26(18)11-10-21-20)15-6-4-14(5-7-15)12-23-19(27)16-8-9-24-25(16)2/h4-11,13H,3,12H2,1-2H3,(H,23,27). The summed E-state index contributed by atoms with van der Waals surface area (Å²) in [5, 5.41) is 6.91. The molecule has 1 N–H and O–H groups in total. The molecule has 0 saturated carbocycles. The molecule has 4 rings (SSSR count). The van der Waals surface area contributed by atoms with E-state index in [9.17, 15) is 4.79 Å². The zero-order valence-corrected chi connectivity index (χ0v) is 15.7. The minimum atomic E-state index is -0.151. The van der Waals surface area contributed by atoms with Crippen LogP contribution < -0.4 is 10.1 Å². The van der Waals surface area contributed by atoms with Gasteiger partial charge in [0.15, 0.2) is 0 Å². The van der Waals surface area contributed by atoms with Gasteiger partial charge in [-0.2, -0.15) is 5.10 Å². The number of hydrogen-bond donors (Lipinski definition) is 1. The Bertz CT molecular complexity index is 1110. The summed E-state index contributed by atoms with van der Waals surface area (Å²) in [6.07, 6.45) is 6.97. The van der Waals surface area contributed by atoms with Crippen LogP contribution in [-0.2, 0) is 13.6 Å². The summed E-state index contributed by atoms with van der Waals surface area (Å²) in [6.45, 7) is 2.89. The molecule has 1 amide bonds. The van der Waals surface area contributed by atoms with Crippen molar-refractivity contribution >= 4 is 11.6 Å². The Morgan fingerprint density at radius 1 is 1.14 bits per heavy atom. The number of amides is 1. The Labute approximate surface area is 161 Å². The van der Waals surface area contributed by atoms with Crippen LogP contribution in [0.4, 0.5) is 0 Å². The van der Waals surface area contributed by atoms with Crippen LogP contribution in [0.15, 0.2) is 55.1 Å². The highest BCUT2D eigenvalue weighted by Crippen LogP contribution is 2.24. The monoisotopic (exact) mass is 376 g/mol. The van der Waals surface area contributed by atoms with Gasteiger partial charge in [-0.15, -0.1) is 0 Å². The molecule has 28 heavy (non-hydrogen) atoms. The number of aryl methyl sites for hydroxylation is 1. The van der Waals surface area contributed by atoms with E-state index in [1.165, 1.54) is 0 Å². The third-order valence-electron chi connectivity index (χ3n) is 4.43. The highest BCUT2D eigenvalue weighted by atomic mass is 16.5. The van der Waals surface area contributed by atoms with Gasteiger partial charge in [-0.3, -0.25) is 13.9 Å². The number of carbonyl (C=O) groups excluding carboxylic acids is 1. The summed E-state index contributed by atoms with van der Waals surface area (Å²) >= 11 is 0. The van der Waals surface area contributed by atoms with Gasteiger partial charge in [-0.1, -0.05) is 24.3 Å². The van der Waals surface area contributed by atoms with Crippen LogP contribution in [-0.4, -0.2) is 36.7 Å². The Morgan fingerprint density at radius 2 is 1.96 bits per heavy atom. The molecule has 0 aliphatic rings. The van der Waals surface area contributed by atoms with E-state index >= 15 is 0 Å². The van der Waals surface area contributed by atoms with Crippen LogP contribution in [0.1, 0.15) is 23.0 Å². The van der Waals surface area contributed by atoms with E-state index in [0.29, 0.717) is 30.4 Å². The average Bonchev–Trinajstić information content (AvgIpc) is 3.34. The number of nitrogens with zero attached hydrogens (tertiary/aromatic N) is 5. The van der Waals surface area contributed by atoms with Crippen molar-refractivity contribution in [3.63, 3.8) is 0 Å². The summed E-state index contributed by atoms with van der Waals surface area (Å²) < 4.78 is 9.05. The van der Waals surface area contributed by atoms with Crippen molar-refractivity contribution in [3.05, 3.63) is 66.4 Å². The number of nitrogens with one attached hydrogen (secondary N) is 1. The molecule has 4 aromatic rings. The van der Waals surface area contributed by atoms with Gasteiger partial charge in [0.05, 0.1) is 18.5 Å². The van der Waals surface area contributed by atoms with Crippen molar-refractivity contribution in [1.82, 2.24) is 29.5 Å². The first kappa shape index (κ1) is 17.7. The minimum Gasteiger partial charge on any atom is -0.475 e. The molecule has 0 unspecified atom stereocenters. The third-order valence-corrected chi connectivity index (χ3v) is 4.43. The number of rotatable bonds is 6. The summed E-state index contributed by atoms with van der Waals surface area (Å²) in [5.41, 5.74) is 4.18. The average molecular weight is 376 g/mol. The number of hydrogen-bond acceptors (Lipinski definition) is 5. The van der Waals surface area contributed by atoms with Gasteiger partial charge in [0.25, 0.3) is 11.8 Å². The number of fused-ring (bicyclic) bond motifs is 1. The first-order valence-electron chi connectivity index (χ1n) is 8.97. The lowest BCUT2D eigenvalue weighted by molar-refractivity contribution is 0.0941. The molecule has 0 aliphatic heterocycles. The van der Waals surface area contributed by atoms with Gasteiger partial charge in [0.2, 0.25) is 5.65 Å². The molecular formula is C20H20N6O2. The lowest BCUT2D eigenvalue weighted by atomic mass is 10.1. The molecule has 142 valence electrons. The van der Waals surface area contributed by atoms with Crippen LogP contribution in [0.2, 0.25) is 0 Å². The largest absolute Gasteiger partial charge is 0.475 e. The van der Waals surface area contributed by atoms with E-state index in [0.717, 1.165) is 16.8 Å². The Balaban J connectivity index is 1.51. The fourth-order valence-corrected chi connectivity index (χ4v) is 3.01. The van der Waals surface area contributed by atoms with Crippen LogP contribution >= 0.6 is 0 Å². The molecule has 3 aromatic heterocycles. The van der Waals surface area contributed by atoms with Crippen molar-refractivity contribution in [1.29, 1.82) is 0 Å². The molecule has 0 atom stereocenters. The predicted molar refractivity (Wildman–Crippen MR) is 104 cm³/mol. The molecular weight excluding hydrogens is 356 g/mol. The molecule has 3 heterocycles. The number of aromatic nitrogens is 5. The summed E-state index contributed by atoms with van der Waals surface area (Å²) in [7, 11) is 1.74. The number of ether oxygens (including phenoxy) is 1. The van der Waals surface area contributed by atoms with Crippen LogP contribution in [0.3, 0.4) is 0 Å². The quantitative estimate of drug-likeness (QED) is 0.559. The van der Waals surface area contributed by atoms with Crippen LogP contribution in [0, 0.1) is 0 Å². The van der Waals surface area contributed by atoms with Gasteiger partial charge in [-0.25, -0.2) is 9.97 Å². The summed E-state index contributed by atoms with van der Waals surface area (Å²) in [6, 6.07) is 9.69. The fraction of sp³-hybridized carbons (Fsp3) is 0.200. The fourth-order valence-electron chi connectivity index (χ4n) is 3.01. The van der Waals surface area contributed by atoms with E-state index in [2.05, 4.69) is 20.4 Å². The lowest BCUT2D eigenvalue weighted by Crippen LogP contribution is -2.25. The second kappa shape index (κ2) is 7.51. The van der Waals surface area contributed by atoms with E-state index in [1.54, 1.807) is 36.4 Å².